The van der Waals surface area contributed by atoms with Crippen molar-refractivity contribution < 1.29 is 24.2 Å². The van der Waals surface area contributed by atoms with E-state index in [1.165, 1.54) is 6.07 Å². The van der Waals surface area contributed by atoms with Crippen LogP contribution in [0.4, 0.5) is 0 Å². The zero-order valence-electron chi connectivity index (χ0n) is 15.4. The van der Waals surface area contributed by atoms with Gasteiger partial charge in [-0.15, -0.1) is 11.3 Å². The summed E-state index contributed by atoms with van der Waals surface area (Å²) in [6.07, 6.45) is 1.55. The Morgan fingerprint density at radius 1 is 1.22 bits per heavy atom. The van der Waals surface area contributed by atoms with Gasteiger partial charge in [-0.05, 0) is 38.0 Å². The predicted octanol–water partition coefficient (Wildman–Crippen LogP) is 3.24. The number of benzene rings is 1. The fraction of sp³-hybridized carbons (Fsp3) is 0.400. The lowest BCUT2D eigenvalue weighted by Crippen LogP contribution is -2.44. The first-order chi connectivity index (χ1) is 12.9. The van der Waals surface area contributed by atoms with Crippen LogP contribution in [0.1, 0.15) is 43.3 Å². The van der Waals surface area contributed by atoms with Crippen molar-refractivity contribution in [1.82, 2.24) is 5.32 Å². The number of aryl methyl sites for hydroxylation is 1. The van der Waals surface area contributed by atoms with E-state index in [9.17, 15) is 9.59 Å². The van der Waals surface area contributed by atoms with Crippen molar-refractivity contribution in [3.63, 3.8) is 0 Å². The Morgan fingerprint density at radius 3 is 2.56 bits per heavy atom. The van der Waals surface area contributed by atoms with Crippen molar-refractivity contribution in [3.8, 4) is 5.75 Å². The van der Waals surface area contributed by atoms with Crippen LogP contribution >= 0.6 is 11.3 Å². The van der Waals surface area contributed by atoms with Crippen molar-refractivity contribution in [2.24, 2.45) is 0 Å². The predicted molar refractivity (Wildman–Crippen MR) is 103 cm³/mol. The highest BCUT2D eigenvalue weighted by Gasteiger charge is 2.37. The molecular weight excluding hydrogens is 366 g/mol. The lowest BCUT2D eigenvalue weighted by Gasteiger charge is -2.38. The van der Waals surface area contributed by atoms with E-state index >= 15 is 0 Å². The summed E-state index contributed by atoms with van der Waals surface area (Å²) >= 11 is 0.980. The molecule has 7 heteroatoms. The normalized spacial score (nSPS) is 15.9. The molecule has 1 amide bonds. The van der Waals surface area contributed by atoms with Crippen LogP contribution in [-0.4, -0.2) is 43.9 Å². The summed E-state index contributed by atoms with van der Waals surface area (Å²) in [4.78, 5) is 24.1. The van der Waals surface area contributed by atoms with Crippen molar-refractivity contribution in [1.29, 1.82) is 0 Å². The quantitative estimate of drug-likeness (QED) is 0.792. The van der Waals surface area contributed by atoms with Gasteiger partial charge in [0.15, 0.2) is 0 Å². The van der Waals surface area contributed by atoms with Gasteiger partial charge in [0.05, 0.1) is 12.0 Å². The lowest BCUT2D eigenvalue weighted by molar-refractivity contribution is 0.0479. The number of carboxylic acids is 1. The number of rotatable bonds is 6. The summed E-state index contributed by atoms with van der Waals surface area (Å²) in [7, 11) is 1.65. The van der Waals surface area contributed by atoms with Gasteiger partial charge in [0.2, 0.25) is 0 Å². The SMILES string of the molecule is COc1ccc(C)cc1C1(CNC(=O)c2ccc(C(=O)O)s2)CCOCC1. The van der Waals surface area contributed by atoms with E-state index in [4.69, 9.17) is 14.6 Å². The van der Waals surface area contributed by atoms with Crippen LogP contribution in [0, 0.1) is 6.92 Å². The molecule has 0 unspecified atom stereocenters. The van der Waals surface area contributed by atoms with Gasteiger partial charge < -0.3 is 19.9 Å². The Balaban J connectivity index is 1.84. The van der Waals surface area contributed by atoms with Crippen LogP contribution in [0.25, 0.3) is 0 Å². The van der Waals surface area contributed by atoms with Crippen molar-refractivity contribution >= 4 is 23.2 Å². The molecule has 1 aromatic heterocycles. The van der Waals surface area contributed by atoms with E-state index in [-0.39, 0.29) is 16.2 Å². The average molecular weight is 389 g/mol. The summed E-state index contributed by atoms with van der Waals surface area (Å²) < 4.78 is 11.1. The number of carboxylic acid groups (broad SMARTS) is 1. The monoisotopic (exact) mass is 389 g/mol. The molecule has 0 bridgehead atoms. The number of methoxy groups -OCH3 is 1. The molecule has 0 spiro atoms. The number of ether oxygens (including phenoxy) is 2. The zero-order valence-corrected chi connectivity index (χ0v) is 16.2. The van der Waals surface area contributed by atoms with Crippen LogP contribution in [0.2, 0.25) is 0 Å². The molecule has 2 aromatic rings. The molecule has 1 aliphatic heterocycles. The summed E-state index contributed by atoms with van der Waals surface area (Å²) in [6.45, 7) is 3.72. The molecule has 6 nitrogen and oxygen atoms in total. The second-order valence-corrected chi connectivity index (χ2v) is 7.83. The highest BCUT2D eigenvalue weighted by molar-refractivity contribution is 7.15. The number of aromatic carboxylic acids is 1. The second-order valence-electron chi connectivity index (χ2n) is 6.75. The zero-order chi connectivity index (χ0) is 19.4. The molecule has 2 N–H and O–H groups in total. The van der Waals surface area contributed by atoms with Gasteiger partial charge in [-0.2, -0.15) is 0 Å². The van der Waals surface area contributed by atoms with Crippen molar-refractivity contribution in [2.75, 3.05) is 26.9 Å². The Hall–Kier alpha value is -2.38. The standard InChI is InChI=1S/C20H23NO5S/c1-13-3-4-15(25-2)14(11-13)20(7-9-26-10-8-20)12-21-18(22)16-5-6-17(27-16)19(23)24/h3-6,11H,7-10,12H2,1-2H3,(H,21,22)(H,23,24). The summed E-state index contributed by atoms with van der Waals surface area (Å²) in [5.41, 5.74) is 1.93. The first-order valence-corrected chi connectivity index (χ1v) is 9.61. The second kappa shape index (κ2) is 8.10. The highest BCUT2D eigenvalue weighted by Crippen LogP contribution is 2.40. The molecule has 3 rings (SSSR count). The maximum Gasteiger partial charge on any atom is 0.345 e. The van der Waals surface area contributed by atoms with Gasteiger partial charge >= 0.3 is 5.97 Å². The van der Waals surface area contributed by atoms with Gasteiger partial charge in [-0.1, -0.05) is 17.7 Å². The third kappa shape index (κ3) is 4.14. The van der Waals surface area contributed by atoms with E-state index in [1.807, 2.05) is 19.1 Å². The minimum Gasteiger partial charge on any atom is -0.496 e. The molecule has 0 aliphatic carbocycles. The Kier molecular flexibility index (Phi) is 5.82. The van der Waals surface area contributed by atoms with Gasteiger partial charge in [-0.3, -0.25) is 4.79 Å². The van der Waals surface area contributed by atoms with E-state index in [0.717, 1.165) is 41.1 Å². The fourth-order valence-electron chi connectivity index (χ4n) is 3.45. The summed E-state index contributed by atoms with van der Waals surface area (Å²) in [5.74, 6) is -0.476. The number of thiophene rings is 1. The first-order valence-electron chi connectivity index (χ1n) is 8.79. The smallest absolute Gasteiger partial charge is 0.345 e. The van der Waals surface area contributed by atoms with Crippen LogP contribution < -0.4 is 10.1 Å². The molecule has 1 aliphatic rings. The minimum atomic E-state index is -1.02. The number of amides is 1. The largest absolute Gasteiger partial charge is 0.496 e. The molecule has 144 valence electrons. The van der Waals surface area contributed by atoms with Crippen LogP contribution in [0.15, 0.2) is 30.3 Å². The van der Waals surface area contributed by atoms with E-state index in [0.29, 0.717) is 24.6 Å². The third-order valence-electron chi connectivity index (χ3n) is 5.00. The van der Waals surface area contributed by atoms with E-state index in [2.05, 4.69) is 11.4 Å². The molecule has 27 heavy (non-hydrogen) atoms. The van der Waals surface area contributed by atoms with Gasteiger partial charge in [0.25, 0.3) is 5.91 Å². The fourth-order valence-corrected chi connectivity index (χ4v) is 4.21. The number of carbonyl (C=O) groups excluding carboxylic acids is 1. The van der Waals surface area contributed by atoms with Crippen LogP contribution in [-0.2, 0) is 10.2 Å². The molecule has 0 radical (unpaired) electrons. The van der Waals surface area contributed by atoms with Gasteiger partial charge in [-0.25, -0.2) is 4.79 Å². The number of hydrogen-bond acceptors (Lipinski definition) is 5. The maximum absolute atomic E-state index is 12.6. The highest BCUT2D eigenvalue weighted by atomic mass is 32.1. The van der Waals surface area contributed by atoms with Crippen LogP contribution in [0.3, 0.4) is 0 Å². The molecular formula is C20H23NO5S. The Labute approximate surface area is 162 Å². The molecule has 0 atom stereocenters. The molecule has 1 fully saturated rings. The molecule has 1 aromatic carbocycles. The number of nitrogens with one attached hydrogen (secondary N) is 1. The topological polar surface area (TPSA) is 84.9 Å². The third-order valence-corrected chi connectivity index (χ3v) is 6.08. The van der Waals surface area contributed by atoms with Gasteiger partial charge in [0, 0.05) is 30.7 Å². The van der Waals surface area contributed by atoms with Crippen molar-refractivity contribution in [3.05, 3.63) is 51.2 Å². The average Bonchev–Trinajstić information content (AvgIpc) is 3.17. The van der Waals surface area contributed by atoms with Crippen molar-refractivity contribution in [2.45, 2.75) is 25.2 Å². The maximum atomic E-state index is 12.6. The van der Waals surface area contributed by atoms with Crippen LogP contribution in [0.5, 0.6) is 5.75 Å². The summed E-state index contributed by atoms with van der Waals surface area (Å²) in [6, 6.07) is 9.09. The molecule has 2 heterocycles. The van der Waals surface area contributed by atoms with Gasteiger partial charge in [0.1, 0.15) is 10.6 Å². The minimum absolute atomic E-state index is 0.154. The molecule has 1 saturated heterocycles. The van der Waals surface area contributed by atoms with E-state index in [1.54, 1.807) is 13.2 Å². The Morgan fingerprint density at radius 2 is 1.93 bits per heavy atom. The number of hydrogen-bond donors (Lipinski definition) is 2. The summed E-state index contributed by atoms with van der Waals surface area (Å²) in [5, 5.41) is 12.0. The molecule has 0 saturated carbocycles. The van der Waals surface area contributed by atoms with E-state index < -0.39 is 5.97 Å². The first kappa shape index (κ1) is 19.4. The lowest BCUT2D eigenvalue weighted by atomic mass is 9.73. The number of carbonyl (C=O) groups is 2. The Bertz CT molecular complexity index is 839.